The van der Waals surface area contributed by atoms with Crippen LogP contribution in [0.25, 0.3) is 0 Å². The molecule has 3 nitrogen and oxygen atoms in total. The zero-order chi connectivity index (χ0) is 10.1. The lowest BCUT2D eigenvalue weighted by Crippen LogP contribution is -2.41. The summed E-state index contributed by atoms with van der Waals surface area (Å²) in [6.07, 6.45) is 2.90. The number of allylic oxidation sites excluding steroid dienone is 1. The van der Waals surface area contributed by atoms with E-state index in [2.05, 4.69) is 6.58 Å². The summed E-state index contributed by atoms with van der Waals surface area (Å²) in [6.45, 7) is 8.28. The van der Waals surface area contributed by atoms with E-state index in [1.54, 1.807) is 0 Å². The fourth-order valence-electron chi connectivity index (χ4n) is 2.12. The Morgan fingerprint density at radius 3 is 2.77 bits per heavy atom. The summed E-state index contributed by atoms with van der Waals surface area (Å²) in [5.74, 6) is 0.448. The summed E-state index contributed by atoms with van der Waals surface area (Å²) in [4.78, 5) is 12.4. The average molecular weight is 183 g/mol. The number of carboxylic acid groups (broad SMARTS) is 1. The van der Waals surface area contributed by atoms with Crippen molar-refractivity contribution in [2.24, 2.45) is 5.92 Å². The Kier molecular flexibility index (Phi) is 2.64. The molecular formula is C10H17NO2. The van der Waals surface area contributed by atoms with Crippen LogP contribution in [-0.4, -0.2) is 28.2 Å². The van der Waals surface area contributed by atoms with E-state index in [1.807, 2.05) is 19.9 Å². The Morgan fingerprint density at radius 1 is 1.77 bits per heavy atom. The van der Waals surface area contributed by atoms with E-state index >= 15 is 0 Å². The van der Waals surface area contributed by atoms with Crippen LogP contribution in [0.4, 0.5) is 4.79 Å². The van der Waals surface area contributed by atoms with E-state index in [9.17, 15) is 4.79 Å². The highest BCUT2D eigenvalue weighted by Crippen LogP contribution is 2.34. The fourth-order valence-corrected chi connectivity index (χ4v) is 2.12. The molecule has 0 aromatic heterocycles. The summed E-state index contributed by atoms with van der Waals surface area (Å²) in [6, 6.07) is 0. The van der Waals surface area contributed by atoms with Crippen molar-refractivity contribution >= 4 is 6.09 Å². The van der Waals surface area contributed by atoms with E-state index in [0.29, 0.717) is 12.5 Å². The van der Waals surface area contributed by atoms with Crippen LogP contribution in [0.1, 0.15) is 26.7 Å². The summed E-state index contributed by atoms with van der Waals surface area (Å²) in [7, 11) is 0. The molecule has 1 saturated heterocycles. The molecule has 0 unspecified atom stereocenters. The van der Waals surface area contributed by atoms with Gasteiger partial charge in [0, 0.05) is 12.1 Å². The van der Waals surface area contributed by atoms with Crippen molar-refractivity contribution in [3.63, 3.8) is 0 Å². The molecule has 0 radical (unpaired) electrons. The molecule has 1 fully saturated rings. The van der Waals surface area contributed by atoms with Gasteiger partial charge in [-0.25, -0.2) is 4.79 Å². The minimum Gasteiger partial charge on any atom is -0.465 e. The van der Waals surface area contributed by atoms with Crippen molar-refractivity contribution in [2.75, 3.05) is 6.54 Å². The van der Waals surface area contributed by atoms with Crippen LogP contribution in [0.2, 0.25) is 0 Å². The highest BCUT2D eigenvalue weighted by atomic mass is 16.4. The van der Waals surface area contributed by atoms with Crippen LogP contribution >= 0.6 is 0 Å². The van der Waals surface area contributed by atoms with Gasteiger partial charge in [0.1, 0.15) is 0 Å². The van der Waals surface area contributed by atoms with Crippen molar-refractivity contribution < 1.29 is 9.90 Å². The molecule has 13 heavy (non-hydrogen) atoms. The molecule has 1 aliphatic heterocycles. The highest BCUT2D eigenvalue weighted by molar-refractivity contribution is 5.66. The van der Waals surface area contributed by atoms with Gasteiger partial charge in [0.05, 0.1) is 0 Å². The number of likely N-dealkylation sites (tertiary alicyclic amines) is 1. The average Bonchev–Trinajstić information content (AvgIpc) is 2.26. The molecule has 1 amide bonds. The Labute approximate surface area is 79.0 Å². The van der Waals surface area contributed by atoms with Gasteiger partial charge in [0.15, 0.2) is 0 Å². The van der Waals surface area contributed by atoms with E-state index < -0.39 is 6.09 Å². The van der Waals surface area contributed by atoms with Gasteiger partial charge in [-0.05, 0) is 32.6 Å². The lowest BCUT2D eigenvalue weighted by molar-refractivity contribution is 0.117. The predicted octanol–water partition coefficient (Wildman–Crippen LogP) is 2.34. The molecule has 1 heterocycles. The smallest absolute Gasteiger partial charge is 0.407 e. The van der Waals surface area contributed by atoms with E-state index in [0.717, 1.165) is 12.8 Å². The van der Waals surface area contributed by atoms with Gasteiger partial charge in [-0.2, -0.15) is 0 Å². The zero-order valence-electron chi connectivity index (χ0n) is 8.29. The third-order valence-electron chi connectivity index (χ3n) is 2.69. The first-order valence-corrected chi connectivity index (χ1v) is 4.59. The number of amides is 1. The number of rotatable bonds is 2. The summed E-state index contributed by atoms with van der Waals surface area (Å²) in [5.41, 5.74) is -0.209. The second-order valence-corrected chi connectivity index (χ2v) is 4.30. The van der Waals surface area contributed by atoms with Crippen LogP contribution in [0.5, 0.6) is 0 Å². The lowest BCUT2D eigenvalue weighted by Gasteiger charge is -2.28. The molecule has 1 aliphatic rings. The number of hydrogen-bond donors (Lipinski definition) is 1. The van der Waals surface area contributed by atoms with Crippen LogP contribution in [0.3, 0.4) is 0 Å². The first-order valence-electron chi connectivity index (χ1n) is 4.59. The van der Waals surface area contributed by atoms with Crippen molar-refractivity contribution in [1.29, 1.82) is 0 Å². The maximum absolute atomic E-state index is 10.9. The minimum atomic E-state index is -0.809. The monoisotopic (exact) mass is 183 g/mol. The van der Waals surface area contributed by atoms with Crippen molar-refractivity contribution in [3.05, 3.63) is 12.7 Å². The Balaban J connectivity index is 2.67. The van der Waals surface area contributed by atoms with Gasteiger partial charge >= 0.3 is 6.09 Å². The standard InChI is InChI=1S/C10H17NO2/c1-4-5-8-6-10(2,3)11(7-8)9(12)13/h4,8H,1,5-7H2,2-3H3,(H,12,13)/t8-/m0/s1. The molecular weight excluding hydrogens is 166 g/mol. The molecule has 0 spiro atoms. The molecule has 74 valence electrons. The van der Waals surface area contributed by atoms with E-state index in [-0.39, 0.29) is 5.54 Å². The zero-order valence-corrected chi connectivity index (χ0v) is 8.29. The highest BCUT2D eigenvalue weighted by Gasteiger charge is 2.40. The first-order chi connectivity index (χ1) is 5.97. The van der Waals surface area contributed by atoms with Gasteiger partial charge in [0.25, 0.3) is 0 Å². The normalized spacial score (nSPS) is 26.0. The Bertz CT molecular complexity index is 223. The number of nitrogens with zero attached hydrogens (tertiary/aromatic N) is 1. The minimum absolute atomic E-state index is 0.209. The topological polar surface area (TPSA) is 40.5 Å². The summed E-state index contributed by atoms with van der Waals surface area (Å²) < 4.78 is 0. The molecule has 1 rings (SSSR count). The predicted molar refractivity (Wildman–Crippen MR) is 51.7 cm³/mol. The third-order valence-corrected chi connectivity index (χ3v) is 2.69. The van der Waals surface area contributed by atoms with Gasteiger partial charge in [-0.1, -0.05) is 6.08 Å². The van der Waals surface area contributed by atoms with Crippen LogP contribution in [0.15, 0.2) is 12.7 Å². The maximum atomic E-state index is 10.9. The quantitative estimate of drug-likeness (QED) is 0.667. The van der Waals surface area contributed by atoms with E-state index in [4.69, 9.17) is 5.11 Å². The number of carbonyl (C=O) groups is 1. The molecule has 0 bridgehead atoms. The van der Waals surface area contributed by atoms with Crippen molar-refractivity contribution in [1.82, 2.24) is 4.90 Å². The SMILES string of the molecule is C=CC[C@@H]1CN(C(=O)O)C(C)(C)C1. The van der Waals surface area contributed by atoms with Gasteiger partial charge in [0.2, 0.25) is 0 Å². The summed E-state index contributed by atoms with van der Waals surface area (Å²) >= 11 is 0. The fraction of sp³-hybridized carbons (Fsp3) is 0.700. The molecule has 1 atom stereocenters. The van der Waals surface area contributed by atoms with Crippen molar-refractivity contribution in [2.45, 2.75) is 32.2 Å². The van der Waals surface area contributed by atoms with Crippen LogP contribution in [-0.2, 0) is 0 Å². The van der Waals surface area contributed by atoms with Crippen LogP contribution in [0, 0.1) is 5.92 Å². The molecule has 0 aliphatic carbocycles. The Hall–Kier alpha value is -0.990. The lowest BCUT2D eigenvalue weighted by atomic mass is 9.94. The molecule has 0 saturated carbocycles. The largest absolute Gasteiger partial charge is 0.465 e. The van der Waals surface area contributed by atoms with Crippen LogP contribution < -0.4 is 0 Å². The van der Waals surface area contributed by atoms with Gasteiger partial charge < -0.3 is 10.0 Å². The Morgan fingerprint density at radius 2 is 2.38 bits per heavy atom. The third kappa shape index (κ3) is 2.02. The molecule has 0 aromatic carbocycles. The number of hydrogen-bond acceptors (Lipinski definition) is 1. The molecule has 0 aromatic rings. The van der Waals surface area contributed by atoms with E-state index in [1.165, 1.54) is 4.90 Å². The van der Waals surface area contributed by atoms with Crippen molar-refractivity contribution in [3.8, 4) is 0 Å². The second-order valence-electron chi connectivity index (χ2n) is 4.30. The second kappa shape index (κ2) is 3.40. The van der Waals surface area contributed by atoms with Gasteiger partial charge in [-0.15, -0.1) is 6.58 Å². The maximum Gasteiger partial charge on any atom is 0.407 e. The molecule has 1 N–H and O–H groups in total. The first kappa shape index (κ1) is 10.1. The molecule has 3 heteroatoms. The summed E-state index contributed by atoms with van der Waals surface area (Å²) in [5, 5.41) is 8.93. The van der Waals surface area contributed by atoms with Gasteiger partial charge in [-0.3, -0.25) is 0 Å².